The molecular formula is C12H20N4O2. The maximum Gasteiger partial charge on any atom is 0.276 e. The van der Waals surface area contributed by atoms with E-state index < -0.39 is 0 Å². The molecule has 1 fully saturated rings. The van der Waals surface area contributed by atoms with Gasteiger partial charge >= 0.3 is 0 Å². The molecule has 1 amide bonds. The Labute approximate surface area is 106 Å². The van der Waals surface area contributed by atoms with Gasteiger partial charge in [0.2, 0.25) is 0 Å². The topological polar surface area (TPSA) is 95.2 Å². The van der Waals surface area contributed by atoms with Crippen LogP contribution in [0.2, 0.25) is 0 Å². The largest absolute Gasteiger partial charge is 0.395 e. The van der Waals surface area contributed by atoms with Crippen LogP contribution in [-0.2, 0) is 6.42 Å². The number of amides is 1. The second-order valence-electron chi connectivity index (χ2n) is 4.86. The summed E-state index contributed by atoms with van der Waals surface area (Å²) in [4.78, 5) is 14.0. The number of hydrogen-bond donors (Lipinski definition) is 3. The summed E-state index contributed by atoms with van der Waals surface area (Å²) in [6, 6.07) is 0. The van der Waals surface area contributed by atoms with Gasteiger partial charge in [-0.15, -0.1) is 0 Å². The maximum absolute atomic E-state index is 12.2. The highest BCUT2D eigenvalue weighted by Gasteiger charge is 2.31. The van der Waals surface area contributed by atoms with E-state index in [0.29, 0.717) is 24.5 Å². The Morgan fingerprint density at radius 3 is 2.94 bits per heavy atom. The van der Waals surface area contributed by atoms with Crippen LogP contribution in [0, 0.1) is 5.92 Å². The van der Waals surface area contributed by atoms with Gasteiger partial charge in [0.1, 0.15) is 0 Å². The summed E-state index contributed by atoms with van der Waals surface area (Å²) < 4.78 is 0. The molecule has 0 bridgehead atoms. The lowest BCUT2D eigenvalue weighted by atomic mass is 10.0. The van der Waals surface area contributed by atoms with Crippen molar-refractivity contribution in [2.75, 3.05) is 18.8 Å². The average Bonchev–Trinajstić information content (AvgIpc) is 2.94. The van der Waals surface area contributed by atoms with Crippen molar-refractivity contribution >= 4 is 11.6 Å². The standard InChI is InChI=1S/C12H20N4O2/c1-3-9-10(13)11(15-14-9)12(18)16-5-4-8(6-16)7(2)17/h7-8,17H,3-6,13H2,1-2H3,(H,14,15). The minimum atomic E-state index is -0.384. The minimum absolute atomic E-state index is 0.147. The van der Waals surface area contributed by atoms with Crippen molar-refractivity contribution in [3.8, 4) is 0 Å². The number of nitrogens with two attached hydrogens (primary N) is 1. The first-order valence-corrected chi connectivity index (χ1v) is 6.34. The number of H-pyrrole nitrogens is 1. The minimum Gasteiger partial charge on any atom is -0.395 e. The summed E-state index contributed by atoms with van der Waals surface area (Å²) in [7, 11) is 0. The molecule has 6 nitrogen and oxygen atoms in total. The van der Waals surface area contributed by atoms with Gasteiger partial charge < -0.3 is 15.7 Å². The molecule has 2 atom stereocenters. The number of aromatic nitrogens is 2. The number of nitrogens with zero attached hydrogens (tertiary/aromatic N) is 2. The number of aryl methyl sites for hydroxylation is 1. The maximum atomic E-state index is 12.2. The van der Waals surface area contributed by atoms with E-state index >= 15 is 0 Å². The molecule has 2 heterocycles. The van der Waals surface area contributed by atoms with Gasteiger partial charge in [-0.25, -0.2) is 0 Å². The summed E-state index contributed by atoms with van der Waals surface area (Å²) in [6.45, 7) is 4.95. The van der Waals surface area contributed by atoms with Gasteiger partial charge in [-0.05, 0) is 19.8 Å². The molecule has 6 heteroatoms. The lowest BCUT2D eigenvalue weighted by Gasteiger charge is -2.16. The molecule has 2 rings (SSSR count). The van der Waals surface area contributed by atoms with Crippen molar-refractivity contribution in [3.05, 3.63) is 11.4 Å². The third-order valence-electron chi connectivity index (χ3n) is 3.63. The molecule has 2 unspecified atom stereocenters. The highest BCUT2D eigenvalue weighted by molar-refractivity contribution is 5.97. The SMILES string of the molecule is CCc1[nH]nc(C(=O)N2CCC(C(C)O)C2)c1N. The highest BCUT2D eigenvalue weighted by Crippen LogP contribution is 2.23. The Kier molecular flexibility index (Phi) is 3.56. The van der Waals surface area contributed by atoms with Crippen LogP contribution in [0.25, 0.3) is 0 Å². The smallest absolute Gasteiger partial charge is 0.276 e. The zero-order chi connectivity index (χ0) is 13.3. The fourth-order valence-corrected chi connectivity index (χ4v) is 2.33. The van der Waals surface area contributed by atoms with Crippen LogP contribution in [-0.4, -0.2) is 45.3 Å². The first kappa shape index (κ1) is 12.9. The highest BCUT2D eigenvalue weighted by atomic mass is 16.3. The van der Waals surface area contributed by atoms with Crippen LogP contribution in [0.5, 0.6) is 0 Å². The van der Waals surface area contributed by atoms with Gasteiger partial charge in [0.15, 0.2) is 5.69 Å². The van der Waals surface area contributed by atoms with E-state index in [4.69, 9.17) is 5.73 Å². The van der Waals surface area contributed by atoms with Crippen LogP contribution in [0.15, 0.2) is 0 Å². The Morgan fingerprint density at radius 2 is 2.44 bits per heavy atom. The Morgan fingerprint density at radius 1 is 1.72 bits per heavy atom. The lowest BCUT2D eigenvalue weighted by Crippen LogP contribution is -2.31. The molecule has 0 radical (unpaired) electrons. The number of likely N-dealkylation sites (tertiary alicyclic amines) is 1. The van der Waals surface area contributed by atoms with Crippen molar-refractivity contribution in [2.45, 2.75) is 32.8 Å². The molecule has 4 N–H and O–H groups in total. The first-order chi connectivity index (χ1) is 8.54. The fraction of sp³-hybridized carbons (Fsp3) is 0.667. The van der Waals surface area contributed by atoms with Gasteiger partial charge in [0, 0.05) is 19.0 Å². The Bertz CT molecular complexity index is 441. The van der Waals surface area contributed by atoms with Gasteiger partial charge in [-0.2, -0.15) is 5.10 Å². The third-order valence-corrected chi connectivity index (χ3v) is 3.63. The lowest BCUT2D eigenvalue weighted by molar-refractivity contribution is 0.0758. The summed E-state index contributed by atoms with van der Waals surface area (Å²) >= 11 is 0. The zero-order valence-corrected chi connectivity index (χ0v) is 10.8. The van der Waals surface area contributed by atoms with Crippen molar-refractivity contribution in [1.82, 2.24) is 15.1 Å². The van der Waals surface area contributed by atoms with E-state index in [1.54, 1.807) is 11.8 Å². The van der Waals surface area contributed by atoms with Gasteiger partial charge in [0.25, 0.3) is 5.91 Å². The number of aromatic amines is 1. The van der Waals surface area contributed by atoms with Crippen LogP contribution in [0.3, 0.4) is 0 Å². The van der Waals surface area contributed by atoms with E-state index in [1.807, 2.05) is 6.92 Å². The van der Waals surface area contributed by atoms with E-state index in [9.17, 15) is 9.90 Å². The van der Waals surface area contributed by atoms with Crippen LogP contribution in [0.1, 0.15) is 36.5 Å². The summed E-state index contributed by atoms with van der Waals surface area (Å²) in [5.41, 5.74) is 7.43. The van der Waals surface area contributed by atoms with E-state index in [-0.39, 0.29) is 17.9 Å². The molecule has 1 aliphatic heterocycles. The number of nitrogen functional groups attached to an aromatic ring is 1. The van der Waals surface area contributed by atoms with Crippen molar-refractivity contribution in [1.29, 1.82) is 0 Å². The van der Waals surface area contributed by atoms with Crippen LogP contribution in [0.4, 0.5) is 5.69 Å². The van der Waals surface area contributed by atoms with Crippen LogP contribution < -0.4 is 5.73 Å². The number of nitrogens with one attached hydrogen (secondary N) is 1. The molecule has 18 heavy (non-hydrogen) atoms. The van der Waals surface area contributed by atoms with Gasteiger partial charge in [0.05, 0.1) is 17.5 Å². The monoisotopic (exact) mass is 252 g/mol. The summed E-state index contributed by atoms with van der Waals surface area (Å²) in [5, 5.41) is 16.3. The van der Waals surface area contributed by atoms with Gasteiger partial charge in [-0.1, -0.05) is 6.92 Å². The molecule has 100 valence electrons. The number of anilines is 1. The quantitative estimate of drug-likeness (QED) is 0.725. The molecule has 0 aliphatic carbocycles. The molecule has 1 aliphatic rings. The zero-order valence-electron chi connectivity index (χ0n) is 10.8. The Balaban J connectivity index is 2.10. The number of carbonyl (C=O) groups excluding carboxylic acids is 1. The summed E-state index contributed by atoms with van der Waals surface area (Å²) in [5.74, 6) is 0.00589. The third kappa shape index (κ3) is 2.20. The predicted octanol–water partition coefficient (Wildman–Crippen LogP) is 0.397. The van der Waals surface area contributed by atoms with Crippen molar-refractivity contribution in [3.63, 3.8) is 0 Å². The molecule has 0 saturated carbocycles. The molecule has 1 aromatic heterocycles. The fourth-order valence-electron chi connectivity index (χ4n) is 2.33. The summed E-state index contributed by atoms with van der Waals surface area (Å²) in [6.07, 6.45) is 1.17. The number of aliphatic hydroxyl groups excluding tert-OH is 1. The normalized spacial score (nSPS) is 21.3. The number of carbonyl (C=O) groups is 1. The number of rotatable bonds is 3. The van der Waals surface area contributed by atoms with Gasteiger partial charge in [-0.3, -0.25) is 9.89 Å². The van der Waals surface area contributed by atoms with Crippen molar-refractivity contribution in [2.24, 2.45) is 5.92 Å². The van der Waals surface area contributed by atoms with E-state index in [1.165, 1.54) is 0 Å². The van der Waals surface area contributed by atoms with Crippen molar-refractivity contribution < 1.29 is 9.90 Å². The molecule has 0 aromatic carbocycles. The van der Waals surface area contributed by atoms with E-state index in [0.717, 1.165) is 18.5 Å². The van der Waals surface area contributed by atoms with Crippen LogP contribution >= 0.6 is 0 Å². The second-order valence-corrected chi connectivity index (χ2v) is 4.86. The molecule has 1 aromatic rings. The molecular weight excluding hydrogens is 232 g/mol. The molecule has 1 saturated heterocycles. The average molecular weight is 252 g/mol. The molecule has 0 spiro atoms. The first-order valence-electron chi connectivity index (χ1n) is 6.34. The predicted molar refractivity (Wildman–Crippen MR) is 68.1 cm³/mol. The Hall–Kier alpha value is -1.56. The van der Waals surface area contributed by atoms with E-state index in [2.05, 4.69) is 10.2 Å². The number of aliphatic hydroxyl groups is 1. The number of hydrogen-bond acceptors (Lipinski definition) is 4. The second kappa shape index (κ2) is 4.97.